The SMILES string of the molecule is O=C(NC1=CC(=O)C2OC2C1O)c1cnc2ccc(Cl)cc2c1O. The van der Waals surface area contributed by atoms with Gasteiger partial charge in [0.15, 0.2) is 5.78 Å². The number of halogens is 1. The van der Waals surface area contributed by atoms with E-state index in [-0.39, 0.29) is 22.8 Å². The molecular weight excluding hydrogens is 336 g/mol. The van der Waals surface area contributed by atoms with E-state index in [0.717, 1.165) is 6.08 Å². The number of ether oxygens (including phenoxy) is 1. The molecule has 2 heterocycles. The van der Waals surface area contributed by atoms with E-state index in [1.807, 2.05) is 0 Å². The van der Waals surface area contributed by atoms with Crippen LogP contribution in [0, 0.1) is 0 Å². The van der Waals surface area contributed by atoms with Gasteiger partial charge in [0.05, 0.1) is 11.2 Å². The number of amides is 1. The van der Waals surface area contributed by atoms with Crippen LogP contribution in [0.4, 0.5) is 0 Å². The maximum atomic E-state index is 12.4. The Kier molecular flexibility index (Phi) is 3.31. The van der Waals surface area contributed by atoms with E-state index in [2.05, 4.69) is 10.3 Å². The minimum atomic E-state index is -1.10. The Morgan fingerprint density at radius 2 is 2.17 bits per heavy atom. The zero-order chi connectivity index (χ0) is 17.0. The second-order valence-corrected chi connectivity index (χ2v) is 6.04. The van der Waals surface area contributed by atoms with Crippen molar-refractivity contribution in [2.45, 2.75) is 18.3 Å². The molecule has 1 amide bonds. The molecule has 0 spiro atoms. The van der Waals surface area contributed by atoms with Crippen LogP contribution in [0.3, 0.4) is 0 Å². The van der Waals surface area contributed by atoms with Gasteiger partial charge >= 0.3 is 0 Å². The van der Waals surface area contributed by atoms with Gasteiger partial charge in [0, 0.05) is 22.7 Å². The molecule has 3 N–H and O–H groups in total. The number of carbonyl (C=O) groups is 2. The molecule has 7 nitrogen and oxygen atoms in total. The van der Waals surface area contributed by atoms with E-state index in [4.69, 9.17) is 16.3 Å². The molecule has 2 aromatic rings. The van der Waals surface area contributed by atoms with Crippen molar-refractivity contribution in [1.82, 2.24) is 10.3 Å². The predicted octanol–water partition coefficient (Wildman–Crippen LogP) is 0.918. The summed E-state index contributed by atoms with van der Waals surface area (Å²) in [7, 11) is 0. The van der Waals surface area contributed by atoms with E-state index in [1.54, 1.807) is 12.1 Å². The molecular formula is C16H11ClN2O5. The smallest absolute Gasteiger partial charge is 0.260 e. The normalized spacial score (nSPS) is 25.2. The zero-order valence-electron chi connectivity index (χ0n) is 12.1. The summed E-state index contributed by atoms with van der Waals surface area (Å²) >= 11 is 5.90. The summed E-state index contributed by atoms with van der Waals surface area (Å²) in [4.78, 5) is 28.1. The van der Waals surface area contributed by atoms with Crippen LogP contribution in [0.1, 0.15) is 10.4 Å². The molecule has 1 aliphatic carbocycles. The van der Waals surface area contributed by atoms with E-state index in [1.165, 1.54) is 12.3 Å². The number of nitrogens with one attached hydrogen (secondary N) is 1. The molecule has 1 aliphatic heterocycles. The number of carbonyl (C=O) groups excluding carboxylic acids is 2. The summed E-state index contributed by atoms with van der Waals surface area (Å²) in [6.07, 6.45) is 0.00809. The van der Waals surface area contributed by atoms with Crippen LogP contribution in [0.5, 0.6) is 5.75 Å². The largest absolute Gasteiger partial charge is 0.506 e. The first-order chi connectivity index (χ1) is 11.5. The molecule has 24 heavy (non-hydrogen) atoms. The average molecular weight is 347 g/mol. The van der Waals surface area contributed by atoms with Crippen LogP contribution in [-0.2, 0) is 9.53 Å². The number of aliphatic hydroxyl groups is 1. The monoisotopic (exact) mass is 346 g/mol. The molecule has 1 fully saturated rings. The van der Waals surface area contributed by atoms with Crippen molar-refractivity contribution in [1.29, 1.82) is 0 Å². The lowest BCUT2D eigenvalue weighted by molar-refractivity contribution is -0.116. The molecule has 0 radical (unpaired) electrons. The quantitative estimate of drug-likeness (QED) is 0.697. The molecule has 0 saturated carbocycles. The highest BCUT2D eigenvalue weighted by Crippen LogP contribution is 2.34. The molecule has 3 unspecified atom stereocenters. The van der Waals surface area contributed by atoms with E-state index in [9.17, 15) is 19.8 Å². The van der Waals surface area contributed by atoms with Crippen molar-refractivity contribution < 1.29 is 24.5 Å². The van der Waals surface area contributed by atoms with Crippen molar-refractivity contribution in [3.05, 3.63) is 46.8 Å². The molecule has 8 heteroatoms. The third kappa shape index (κ3) is 2.34. The van der Waals surface area contributed by atoms with Gasteiger partial charge < -0.3 is 20.3 Å². The number of rotatable bonds is 2. The third-order valence-electron chi connectivity index (χ3n) is 4.04. The van der Waals surface area contributed by atoms with Gasteiger partial charge in [-0.3, -0.25) is 14.6 Å². The summed E-state index contributed by atoms with van der Waals surface area (Å²) in [5.74, 6) is -1.29. The van der Waals surface area contributed by atoms with Gasteiger partial charge in [0.1, 0.15) is 29.6 Å². The van der Waals surface area contributed by atoms with Crippen molar-refractivity contribution in [2.75, 3.05) is 0 Å². The zero-order valence-corrected chi connectivity index (χ0v) is 12.8. The summed E-state index contributed by atoms with van der Waals surface area (Å²) in [6, 6.07) is 4.74. The number of hydrogen-bond donors (Lipinski definition) is 3. The number of aliphatic hydroxyl groups excluding tert-OH is 1. The van der Waals surface area contributed by atoms with Gasteiger partial charge in [-0.15, -0.1) is 0 Å². The van der Waals surface area contributed by atoms with E-state index < -0.39 is 24.2 Å². The second-order valence-electron chi connectivity index (χ2n) is 5.60. The Balaban J connectivity index is 1.66. The predicted molar refractivity (Wildman–Crippen MR) is 83.6 cm³/mol. The Labute approximate surface area is 140 Å². The van der Waals surface area contributed by atoms with Crippen molar-refractivity contribution in [3.63, 3.8) is 0 Å². The van der Waals surface area contributed by atoms with Crippen LogP contribution >= 0.6 is 11.6 Å². The van der Waals surface area contributed by atoms with Crippen LogP contribution < -0.4 is 5.32 Å². The lowest BCUT2D eigenvalue weighted by Gasteiger charge is -2.17. The van der Waals surface area contributed by atoms with Gasteiger partial charge in [-0.1, -0.05) is 11.6 Å². The number of ketones is 1. The first-order valence-electron chi connectivity index (χ1n) is 7.13. The molecule has 1 saturated heterocycles. The maximum Gasteiger partial charge on any atom is 0.260 e. The van der Waals surface area contributed by atoms with Gasteiger partial charge in [0.2, 0.25) is 0 Å². The van der Waals surface area contributed by atoms with Crippen LogP contribution in [0.25, 0.3) is 10.9 Å². The fourth-order valence-electron chi connectivity index (χ4n) is 2.72. The maximum absolute atomic E-state index is 12.4. The minimum absolute atomic E-state index is 0.0364. The number of aromatic nitrogens is 1. The Morgan fingerprint density at radius 1 is 1.38 bits per heavy atom. The molecule has 3 atom stereocenters. The fourth-order valence-corrected chi connectivity index (χ4v) is 2.89. The highest BCUT2D eigenvalue weighted by atomic mass is 35.5. The van der Waals surface area contributed by atoms with Gasteiger partial charge in [-0.2, -0.15) is 0 Å². The molecule has 0 bridgehead atoms. The summed E-state index contributed by atoms with van der Waals surface area (Å²) in [6.45, 7) is 0. The van der Waals surface area contributed by atoms with E-state index >= 15 is 0 Å². The number of aromatic hydroxyl groups is 1. The Bertz CT molecular complexity index is 926. The van der Waals surface area contributed by atoms with E-state index in [0.29, 0.717) is 15.9 Å². The van der Waals surface area contributed by atoms with Crippen molar-refractivity contribution in [2.24, 2.45) is 0 Å². The third-order valence-corrected chi connectivity index (χ3v) is 4.27. The molecule has 1 aromatic carbocycles. The molecule has 1 aromatic heterocycles. The van der Waals surface area contributed by atoms with Gasteiger partial charge in [0.25, 0.3) is 5.91 Å². The lowest BCUT2D eigenvalue weighted by atomic mass is 10.0. The van der Waals surface area contributed by atoms with Crippen LogP contribution in [0.15, 0.2) is 36.2 Å². The number of benzene rings is 1. The average Bonchev–Trinajstić information content (AvgIpc) is 3.34. The summed E-state index contributed by atoms with van der Waals surface area (Å²) < 4.78 is 5.04. The van der Waals surface area contributed by atoms with Crippen LogP contribution in [-0.4, -0.2) is 45.2 Å². The minimum Gasteiger partial charge on any atom is -0.506 e. The number of hydrogen-bond acceptors (Lipinski definition) is 6. The summed E-state index contributed by atoms with van der Waals surface area (Å²) in [5, 5.41) is 23.5. The summed E-state index contributed by atoms with van der Waals surface area (Å²) in [5.41, 5.74) is 0.424. The fraction of sp³-hybridized carbons (Fsp3) is 0.188. The molecule has 122 valence electrons. The lowest BCUT2D eigenvalue weighted by Crippen LogP contribution is -2.37. The Hall–Kier alpha value is -2.48. The number of pyridine rings is 1. The highest BCUT2D eigenvalue weighted by Gasteiger charge is 2.53. The first kappa shape index (κ1) is 15.1. The van der Waals surface area contributed by atoms with Gasteiger partial charge in [-0.05, 0) is 18.2 Å². The standard InChI is InChI=1S/C16H11ClN2O5/c17-6-1-2-9-7(3-6)12(21)8(5-18-9)16(23)19-10-4-11(20)14-15(24-14)13(10)22/h1-5,13-15,22H,(H,18,21)(H,19,23). The highest BCUT2D eigenvalue weighted by molar-refractivity contribution is 6.31. The number of nitrogens with zero attached hydrogens (tertiary/aromatic N) is 1. The van der Waals surface area contributed by atoms with Crippen molar-refractivity contribution >= 4 is 34.2 Å². The first-order valence-corrected chi connectivity index (χ1v) is 7.51. The van der Waals surface area contributed by atoms with Crippen molar-refractivity contribution in [3.8, 4) is 5.75 Å². The molecule has 4 rings (SSSR count). The topological polar surface area (TPSA) is 112 Å². The Morgan fingerprint density at radius 3 is 2.96 bits per heavy atom. The van der Waals surface area contributed by atoms with Gasteiger partial charge in [-0.25, -0.2) is 0 Å². The number of fused-ring (bicyclic) bond motifs is 2. The second kappa shape index (κ2) is 5.27. The molecule has 2 aliphatic rings. The number of epoxide rings is 1. The van der Waals surface area contributed by atoms with Crippen LogP contribution in [0.2, 0.25) is 5.02 Å².